The van der Waals surface area contributed by atoms with Crippen molar-refractivity contribution in [3.63, 3.8) is 0 Å². The minimum Gasteiger partial charge on any atom is -0.321 e. The van der Waals surface area contributed by atoms with Crippen LogP contribution in [0.2, 0.25) is 0 Å². The van der Waals surface area contributed by atoms with Gasteiger partial charge in [-0.3, -0.25) is 0 Å². The van der Waals surface area contributed by atoms with Crippen molar-refractivity contribution in [3.8, 4) is 0 Å². The number of nitrogens with two attached hydrogens (primary N) is 1. The highest BCUT2D eigenvalue weighted by molar-refractivity contribution is 5.34. The summed E-state index contributed by atoms with van der Waals surface area (Å²) in [7, 11) is 0. The molecule has 0 radical (unpaired) electrons. The van der Waals surface area contributed by atoms with E-state index in [9.17, 15) is 0 Å². The molecule has 2 unspecified atom stereocenters. The average molecular weight is 203 g/mol. The third-order valence-corrected chi connectivity index (χ3v) is 3.76. The molecule has 0 amide bonds. The summed E-state index contributed by atoms with van der Waals surface area (Å²) in [5, 5.41) is 0. The Balaban J connectivity index is 2.18. The molecule has 1 heteroatoms. The molecule has 1 fully saturated rings. The lowest BCUT2D eigenvalue weighted by Gasteiger charge is -2.13. The second-order valence-corrected chi connectivity index (χ2v) is 5.13. The highest BCUT2D eigenvalue weighted by Gasteiger charge is 2.50. The van der Waals surface area contributed by atoms with Crippen molar-refractivity contribution in [2.45, 2.75) is 45.1 Å². The molecule has 0 aliphatic heterocycles. The van der Waals surface area contributed by atoms with Gasteiger partial charge in [-0.15, -0.1) is 0 Å². The molecule has 0 saturated heterocycles. The van der Waals surface area contributed by atoms with Crippen LogP contribution in [0.3, 0.4) is 0 Å². The first-order chi connectivity index (χ1) is 7.08. The predicted octanol–water partition coefficient (Wildman–Crippen LogP) is 3.39. The SMILES string of the molecule is CCC1CC1(N)c1ccc(C(C)C)cc1. The first-order valence-electron chi connectivity index (χ1n) is 5.97. The maximum absolute atomic E-state index is 6.35. The van der Waals surface area contributed by atoms with Crippen molar-refractivity contribution in [2.24, 2.45) is 11.7 Å². The van der Waals surface area contributed by atoms with Crippen molar-refractivity contribution in [1.29, 1.82) is 0 Å². The summed E-state index contributed by atoms with van der Waals surface area (Å²) < 4.78 is 0. The van der Waals surface area contributed by atoms with Crippen LogP contribution in [0, 0.1) is 5.92 Å². The second-order valence-electron chi connectivity index (χ2n) is 5.13. The van der Waals surface area contributed by atoms with Gasteiger partial charge in [-0.1, -0.05) is 51.5 Å². The van der Waals surface area contributed by atoms with E-state index in [2.05, 4.69) is 45.0 Å². The Labute approximate surface area is 92.7 Å². The van der Waals surface area contributed by atoms with Crippen molar-refractivity contribution in [3.05, 3.63) is 35.4 Å². The van der Waals surface area contributed by atoms with Crippen molar-refractivity contribution in [1.82, 2.24) is 0 Å². The summed E-state index contributed by atoms with van der Waals surface area (Å²) in [4.78, 5) is 0. The summed E-state index contributed by atoms with van der Waals surface area (Å²) in [5.41, 5.74) is 9.06. The van der Waals surface area contributed by atoms with Crippen LogP contribution in [0.1, 0.15) is 50.7 Å². The summed E-state index contributed by atoms with van der Waals surface area (Å²) in [6.07, 6.45) is 2.35. The third-order valence-electron chi connectivity index (χ3n) is 3.76. The van der Waals surface area contributed by atoms with E-state index in [0.29, 0.717) is 11.8 Å². The van der Waals surface area contributed by atoms with Gasteiger partial charge in [0, 0.05) is 5.54 Å². The van der Waals surface area contributed by atoms with E-state index in [1.807, 2.05) is 0 Å². The number of hydrogen-bond donors (Lipinski definition) is 1. The van der Waals surface area contributed by atoms with E-state index < -0.39 is 0 Å². The zero-order valence-corrected chi connectivity index (χ0v) is 9.96. The molecule has 1 aromatic carbocycles. The highest BCUT2D eigenvalue weighted by Crippen LogP contribution is 2.51. The average Bonchev–Trinajstić information content (AvgIpc) is 2.91. The molecule has 0 heterocycles. The Bertz CT molecular complexity index is 339. The van der Waals surface area contributed by atoms with Gasteiger partial charge in [-0.2, -0.15) is 0 Å². The maximum atomic E-state index is 6.35. The lowest BCUT2D eigenvalue weighted by Crippen LogP contribution is -2.21. The van der Waals surface area contributed by atoms with Gasteiger partial charge in [0.15, 0.2) is 0 Å². The van der Waals surface area contributed by atoms with Crippen LogP contribution in [-0.4, -0.2) is 0 Å². The van der Waals surface area contributed by atoms with Crippen LogP contribution in [-0.2, 0) is 5.54 Å². The smallest absolute Gasteiger partial charge is 0.0442 e. The molecule has 1 aliphatic carbocycles. The number of hydrogen-bond acceptors (Lipinski definition) is 1. The maximum Gasteiger partial charge on any atom is 0.0442 e. The van der Waals surface area contributed by atoms with Gasteiger partial charge < -0.3 is 5.73 Å². The van der Waals surface area contributed by atoms with E-state index in [4.69, 9.17) is 5.73 Å². The summed E-state index contributed by atoms with van der Waals surface area (Å²) >= 11 is 0. The predicted molar refractivity (Wildman–Crippen MR) is 64.8 cm³/mol. The lowest BCUT2D eigenvalue weighted by molar-refractivity contribution is 0.615. The first kappa shape index (κ1) is 10.7. The minimum atomic E-state index is -0.00966. The van der Waals surface area contributed by atoms with Gasteiger partial charge in [0.2, 0.25) is 0 Å². The Hall–Kier alpha value is -0.820. The standard InChI is InChI=1S/C14H21N/c1-4-12-9-14(12,15)13-7-5-11(6-8-13)10(2)3/h5-8,10,12H,4,9,15H2,1-3H3. The largest absolute Gasteiger partial charge is 0.321 e. The molecule has 1 aliphatic rings. The Morgan fingerprint density at radius 2 is 1.93 bits per heavy atom. The fourth-order valence-electron chi connectivity index (χ4n) is 2.39. The molecule has 0 spiro atoms. The Morgan fingerprint density at radius 1 is 1.33 bits per heavy atom. The van der Waals surface area contributed by atoms with Crippen molar-refractivity contribution >= 4 is 0 Å². The van der Waals surface area contributed by atoms with E-state index >= 15 is 0 Å². The minimum absolute atomic E-state index is 0.00966. The van der Waals surface area contributed by atoms with Crippen molar-refractivity contribution < 1.29 is 0 Å². The quantitative estimate of drug-likeness (QED) is 0.800. The van der Waals surface area contributed by atoms with Crippen LogP contribution < -0.4 is 5.73 Å². The van der Waals surface area contributed by atoms with Gasteiger partial charge in [-0.25, -0.2) is 0 Å². The van der Waals surface area contributed by atoms with Gasteiger partial charge in [0.25, 0.3) is 0 Å². The molecular weight excluding hydrogens is 182 g/mol. The van der Waals surface area contributed by atoms with Gasteiger partial charge >= 0.3 is 0 Å². The summed E-state index contributed by atoms with van der Waals surface area (Å²) in [6.45, 7) is 6.67. The van der Waals surface area contributed by atoms with Crippen LogP contribution in [0.15, 0.2) is 24.3 Å². The highest BCUT2D eigenvalue weighted by atomic mass is 14.9. The van der Waals surface area contributed by atoms with Crippen LogP contribution >= 0.6 is 0 Å². The number of benzene rings is 1. The topological polar surface area (TPSA) is 26.0 Å². The lowest BCUT2D eigenvalue weighted by atomic mass is 9.97. The van der Waals surface area contributed by atoms with Crippen LogP contribution in [0.4, 0.5) is 0 Å². The zero-order chi connectivity index (χ0) is 11.1. The third kappa shape index (κ3) is 1.81. The van der Waals surface area contributed by atoms with E-state index in [1.54, 1.807) is 0 Å². The fraction of sp³-hybridized carbons (Fsp3) is 0.571. The first-order valence-corrected chi connectivity index (χ1v) is 5.97. The monoisotopic (exact) mass is 203 g/mol. The number of rotatable bonds is 3. The Morgan fingerprint density at radius 3 is 2.33 bits per heavy atom. The van der Waals surface area contributed by atoms with Crippen LogP contribution in [0.25, 0.3) is 0 Å². The zero-order valence-electron chi connectivity index (χ0n) is 9.96. The molecule has 15 heavy (non-hydrogen) atoms. The van der Waals surface area contributed by atoms with Crippen LogP contribution in [0.5, 0.6) is 0 Å². The molecule has 2 rings (SSSR count). The molecule has 0 bridgehead atoms. The van der Waals surface area contributed by atoms with Gasteiger partial charge in [0.1, 0.15) is 0 Å². The molecule has 1 aromatic rings. The molecule has 1 saturated carbocycles. The van der Waals surface area contributed by atoms with E-state index in [0.717, 1.165) is 6.42 Å². The normalized spacial score (nSPS) is 29.5. The van der Waals surface area contributed by atoms with E-state index in [1.165, 1.54) is 17.5 Å². The molecule has 82 valence electrons. The molecule has 1 nitrogen and oxygen atoms in total. The molecule has 2 atom stereocenters. The van der Waals surface area contributed by atoms with Crippen molar-refractivity contribution in [2.75, 3.05) is 0 Å². The molecule has 2 N–H and O–H groups in total. The summed E-state index contributed by atoms with van der Waals surface area (Å²) in [6, 6.07) is 8.87. The molecular formula is C14H21N. The molecule has 0 aromatic heterocycles. The summed E-state index contributed by atoms with van der Waals surface area (Å²) in [5.74, 6) is 1.30. The van der Waals surface area contributed by atoms with Gasteiger partial charge in [0.05, 0.1) is 0 Å². The fourth-order valence-corrected chi connectivity index (χ4v) is 2.39. The second kappa shape index (κ2) is 3.64. The van der Waals surface area contributed by atoms with E-state index in [-0.39, 0.29) is 5.54 Å². The Kier molecular flexibility index (Phi) is 2.59. The van der Waals surface area contributed by atoms with Gasteiger partial charge in [-0.05, 0) is 29.4 Å².